The van der Waals surface area contributed by atoms with E-state index in [9.17, 15) is 9.90 Å². The maximum atomic E-state index is 11.4. The summed E-state index contributed by atoms with van der Waals surface area (Å²) in [7, 11) is 0. The standard InChI is InChI=1S/C12H15NO2S/c14-11-9-16-12(15)13(11)8-4-7-10-5-2-1-3-6-10/h1-3,5-6,11,14H,4,7-9H2. The number of aliphatic hydroxyl groups excluding tert-OH is 1. The number of hydrogen-bond acceptors (Lipinski definition) is 3. The Kier molecular flexibility index (Phi) is 3.85. The Labute approximate surface area is 99.5 Å². The first-order chi connectivity index (χ1) is 7.77. The number of carbonyl (C=O) groups is 1. The van der Waals surface area contributed by atoms with Crippen LogP contribution in [0.4, 0.5) is 4.79 Å². The Morgan fingerprint density at radius 3 is 2.75 bits per heavy atom. The number of rotatable bonds is 4. The van der Waals surface area contributed by atoms with Crippen molar-refractivity contribution in [2.75, 3.05) is 12.3 Å². The van der Waals surface area contributed by atoms with E-state index in [2.05, 4.69) is 12.1 Å². The minimum atomic E-state index is -0.590. The summed E-state index contributed by atoms with van der Waals surface area (Å²) in [4.78, 5) is 12.9. The van der Waals surface area contributed by atoms with Crippen LogP contribution in [0.2, 0.25) is 0 Å². The molecule has 16 heavy (non-hydrogen) atoms. The van der Waals surface area contributed by atoms with E-state index in [4.69, 9.17) is 0 Å². The molecule has 1 aliphatic rings. The summed E-state index contributed by atoms with van der Waals surface area (Å²) < 4.78 is 0. The van der Waals surface area contributed by atoms with Gasteiger partial charge in [-0.25, -0.2) is 0 Å². The molecule has 3 nitrogen and oxygen atoms in total. The zero-order valence-corrected chi connectivity index (χ0v) is 9.82. The summed E-state index contributed by atoms with van der Waals surface area (Å²) in [6, 6.07) is 10.2. The van der Waals surface area contributed by atoms with Gasteiger partial charge in [0.2, 0.25) is 0 Å². The highest BCUT2D eigenvalue weighted by atomic mass is 32.2. The van der Waals surface area contributed by atoms with Crippen LogP contribution in [0.25, 0.3) is 0 Å². The van der Waals surface area contributed by atoms with E-state index in [1.165, 1.54) is 17.3 Å². The van der Waals surface area contributed by atoms with Gasteiger partial charge in [-0.05, 0) is 18.4 Å². The molecule has 1 amide bonds. The van der Waals surface area contributed by atoms with E-state index in [1.54, 1.807) is 4.90 Å². The van der Waals surface area contributed by atoms with Crippen molar-refractivity contribution in [1.29, 1.82) is 0 Å². The molecule has 0 spiro atoms. The van der Waals surface area contributed by atoms with Gasteiger partial charge in [0.05, 0.1) is 0 Å². The lowest BCUT2D eigenvalue weighted by molar-refractivity contribution is 0.0652. The number of carbonyl (C=O) groups excluding carboxylic acids is 1. The molecule has 0 aliphatic carbocycles. The predicted octanol–water partition coefficient (Wildman–Crippen LogP) is 2.11. The fraction of sp³-hybridized carbons (Fsp3) is 0.417. The number of aryl methyl sites for hydroxylation is 1. The first kappa shape index (κ1) is 11.5. The van der Waals surface area contributed by atoms with Crippen molar-refractivity contribution in [3.8, 4) is 0 Å². The van der Waals surface area contributed by atoms with Gasteiger partial charge >= 0.3 is 0 Å². The van der Waals surface area contributed by atoms with Crippen LogP contribution < -0.4 is 0 Å². The highest BCUT2D eigenvalue weighted by Gasteiger charge is 2.29. The Morgan fingerprint density at radius 1 is 1.38 bits per heavy atom. The molecule has 1 aromatic carbocycles. The fourth-order valence-corrected chi connectivity index (χ4v) is 2.63. The number of aliphatic hydroxyl groups is 1. The van der Waals surface area contributed by atoms with E-state index in [0.29, 0.717) is 12.3 Å². The van der Waals surface area contributed by atoms with Crippen LogP contribution in [-0.4, -0.2) is 33.8 Å². The first-order valence-electron chi connectivity index (χ1n) is 5.43. The van der Waals surface area contributed by atoms with E-state index in [-0.39, 0.29) is 5.24 Å². The Bertz CT molecular complexity index is 355. The van der Waals surface area contributed by atoms with Gasteiger partial charge in [0.15, 0.2) is 0 Å². The molecule has 0 saturated carbocycles. The van der Waals surface area contributed by atoms with E-state index >= 15 is 0 Å². The van der Waals surface area contributed by atoms with Crippen LogP contribution in [0.15, 0.2) is 30.3 Å². The van der Waals surface area contributed by atoms with Crippen molar-refractivity contribution < 1.29 is 9.90 Å². The lowest BCUT2D eigenvalue weighted by atomic mass is 10.1. The number of amides is 1. The van der Waals surface area contributed by atoms with Crippen molar-refractivity contribution in [3.05, 3.63) is 35.9 Å². The van der Waals surface area contributed by atoms with Gasteiger partial charge in [-0.15, -0.1) is 0 Å². The Hall–Kier alpha value is -1.00. The van der Waals surface area contributed by atoms with Crippen LogP contribution in [0, 0.1) is 0 Å². The van der Waals surface area contributed by atoms with E-state index < -0.39 is 6.23 Å². The number of hydrogen-bond donors (Lipinski definition) is 1. The van der Waals surface area contributed by atoms with Gasteiger partial charge in [-0.2, -0.15) is 0 Å². The molecule has 0 radical (unpaired) electrons. The second-order valence-corrected chi connectivity index (χ2v) is 4.81. The van der Waals surface area contributed by atoms with Crippen molar-refractivity contribution >= 4 is 17.0 Å². The lowest BCUT2D eigenvalue weighted by Gasteiger charge is -2.18. The highest BCUT2D eigenvalue weighted by molar-refractivity contribution is 8.13. The molecular weight excluding hydrogens is 222 g/mol. The molecule has 1 atom stereocenters. The van der Waals surface area contributed by atoms with Crippen molar-refractivity contribution in [2.45, 2.75) is 19.1 Å². The smallest absolute Gasteiger partial charge is 0.283 e. The minimum absolute atomic E-state index is 0.000520. The van der Waals surface area contributed by atoms with Gasteiger partial charge in [-0.1, -0.05) is 42.1 Å². The zero-order valence-electron chi connectivity index (χ0n) is 9.00. The highest BCUT2D eigenvalue weighted by Crippen LogP contribution is 2.22. The zero-order chi connectivity index (χ0) is 11.4. The third-order valence-electron chi connectivity index (χ3n) is 2.66. The van der Waals surface area contributed by atoms with Crippen LogP contribution in [0.1, 0.15) is 12.0 Å². The summed E-state index contributed by atoms with van der Waals surface area (Å²) in [5.74, 6) is 0.504. The largest absolute Gasteiger partial charge is 0.373 e. The number of benzene rings is 1. The van der Waals surface area contributed by atoms with Crippen LogP contribution >= 0.6 is 11.8 Å². The monoisotopic (exact) mass is 237 g/mol. The summed E-state index contributed by atoms with van der Waals surface area (Å²) in [5.41, 5.74) is 1.27. The maximum absolute atomic E-state index is 11.4. The van der Waals surface area contributed by atoms with E-state index in [1.807, 2.05) is 18.2 Å². The van der Waals surface area contributed by atoms with Crippen LogP contribution in [-0.2, 0) is 6.42 Å². The third-order valence-corrected chi connectivity index (χ3v) is 3.60. The van der Waals surface area contributed by atoms with Crippen molar-refractivity contribution in [2.24, 2.45) is 0 Å². The molecule has 1 aromatic rings. The lowest BCUT2D eigenvalue weighted by Crippen LogP contribution is -2.33. The minimum Gasteiger partial charge on any atom is -0.373 e. The molecule has 86 valence electrons. The summed E-state index contributed by atoms with van der Waals surface area (Å²) in [5, 5.41) is 9.54. The molecule has 1 fully saturated rings. The average molecular weight is 237 g/mol. The van der Waals surface area contributed by atoms with Crippen molar-refractivity contribution in [1.82, 2.24) is 4.90 Å². The Balaban J connectivity index is 1.78. The Morgan fingerprint density at radius 2 is 2.12 bits per heavy atom. The summed E-state index contributed by atoms with van der Waals surface area (Å²) in [6.45, 7) is 0.641. The molecule has 0 bridgehead atoms. The van der Waals surface area contributed by atoms with Gasteiger partial charge in [-0.3, -0.25) is 4.79 Å². The molecule has 1 saturated heterocycles. The van der Waals surface area contributed by atoms with Gasteiger partial charge < -0.3 is 10.0 Å². The second kappa shape index (κ2) is 5.37. The molecule has 0 aromatic heterocycles. The number of nitrogens with zero attached hydrogens (tertiary/aromatic N) is 1. The topological polar surface area (TPSA) is 40.5 Å². The molecule has 1 unspecified atom stereocenters. The summed E-state index contributed by atoms with van der Waals surface area (Å²) >= 11 is 1.20. The number of thioether (sulfide) groups is 1. The maximum Gasteiger partial charge on any atom is 0.283 e. The second-order valence-electron chi connectivity index (χ2n) is 3.84. The summed E-state index contributed by atoms with van der Waals surface area (Å²) in [6.07, 6.45) is 1.25. The van der Waals surface area contributed by atoms with Gasteiger partial charge in [0.25, 0.3) is 5.24 Å². The molecule has 4 heteroatoms. The average Bonchev–Trinajstić information content (AvgIpc) is 2.62. The van der Waals surface area contributed by atoms with E-state index in [0.717, 1.165) is 12.8 Å². The van der Waals surface area contributed by atoms with Crippen LogP contribution in [0.3, 0.4) is 0 Å². The predicted molar refractivity (Wildman–Crippen MR) is 65.3 cm³/mol. The normalized spacial score (nSPS) is 20.4. The fourth-order valence-electron chi connectivity index (χ4n) is 1.78. The van der Waals surface area contributed by atoms with Gasteiger partial charge in [0, 0.05) is 12.3 Å². The molecule has 1 aliphatic heterocycles. The van der Waals surface area contributed by atoms with Gasteiger partial charge in [0.1, 0.15) is 6.23 Å². The molecular formula is C12H15NO2S. The first-order valence-corrected chi connectivity index (χ1v) is 6.41. The SMILES string of the molecule is O=C1SCC(O)N1CCCc1ccccc1. The molecule has 2 rings (SSSR count). The molecule has 1 heterocycles. The third kappa shape index (κ3) is 2.77. The molecule has 1 N–H and O–H groups in total. The quantitative estimate of drug-likeness (QED) is 0.872. The van der Waals surface area contributed by atoms with Crippen LogP contribution in [0.5, 0.6) is 0 Å². The van der Waals surface area contributed by atoms with Crippen molar-refractivity contribution in [3.63, 3.8) is 0 Å².